The normalized spacial score (nSPS) is 28.2. The van der Waals surface area contributed by atoms with Crippen LogP contribution in [0.15, 0.2) is 12.1 Å². The first kappa shape index (κ1) is 20.3. The number of hydrogen-bond acceptors (Lipinski definition) is 2. The van der Waals surface area contributed by atoms with Gasteiger partial charge >= 0.3 is 0 Å². The summed E-state index contributed by atoms with van der Waals surface area (Å²) in [6.07, 6.45) is 2.83. The van der Waals surface area contributed by atoms with E-state index in [1.165, 1.54) is 11.1 Å². The van der Waals surface area contributed by atoms with Crippen LogP contribution in [0.4, 0.5) is 0 Å². The van der Waals surface area contributed by atoms with Crippen molar-refractivity contribution in [2.24, 2.45) is 23.2 Å². The Kier molecular flexibility index (Phi) is 5.64. The molecule has 0 saturated heterocycles. The molecule has 4 atom stereocenters. The first-order chi connectivity index (χ1) is 11.3. The molecule has 0 aliphatic heterocycles. The zero-order chi connectivity index (χ0) is 19.2. The third-order valence-corrected chi connectivity index (χ3v) is 6.30. The van der Waals surface area contributed by atoms with Crippen molar-refractivity contribution in [3.8, 4) is 5.75 Å². The van der Waals surface area contributed by atoms with Crippen molar-refractivity contribution in [3.63, 3.8) is 0 Å². The molecule has 25 heavy (non-hydrogen) atoms. The predicted molar refractivity (Wildman–Crippen MR) is 106 cm³/mol. The Bertz CT molecular complexity index is 604. The molecule has 0 bridgehead atoms. The van der Waals surface area contributed by atoms with Gasteiger partial charge in [0.25, 0.3) is 0 Å². The summed E-state index contributed by atoms with van der Waals surface area (Å²) in [4.78, 5) is 0. The number of aromatic hydroxyl groups is 1. The Balaban J connectivity index is 2.29. The molecule has 1 aliphatic rings. The largest absolute Gasteiger partial charge is 0.508 e. The summed E-state index contributed by atoms with van der Waals surface area (Å²) in [5.74, 6) is 1.88. The maximum absolute atomic E-state index is 10.6. The molecule has 0 radical (unpaired) electrons. The summed E-state index contributed by atoms with van der Waals surface area (Å²) in [5, 5.41) is 20.9. The van der Waals surface area contributed by atoms with E-state index in [2.05, 4.69) is 61.5 Å². The van der Waals surface area contributed by atoms with Crippen LogP contribution in [0.25, 0.3) is 0 Å². The quantitative estimate of drug-likeness (QED) is 0.730. The van der Waals surface area contributed by atoms with Crippen molar-refractivity contribution in [1.82, 2.24) is 0 Å². The second-order valence-electron chi connectivity index (χ2n) is 10.5. The molecule has 1 aromatic rings. The summed E-state index contributed by atoms with van der Waals surface area (Å²) in [6, 6.07) is 4.15. The molecular formula is C23H38O2. The number of aliphatic hydroxyl groups excluding tert-OH is 1. The molecule has 0 heterocycles. The smallest absolute Gasteiger partial charge is 0.119 e. The fraction of sp³-hybridized carbons (Fsp3) is 0.739. The van der Waals surface area contributed by atoms with Gasteiger partial charge in [0, 0.05) is 0 Å². The first-order valence-electron chi connectivity index (χ1n) is 9.81. The summed E-state index contributed by atoms with van der Waals surface area (Å²) < 4.78 is 0. The van der Waals surface area contributed by atoms with Gasteiger partial charge in [0.05, 0.1) is 6.10 Å². The second-order valence-corrected chi connectivity index (χ2v) is 10.5. The van der Waals surface area contributed by atoms with E-state index in [4.69, 9.17) is 0 Å². The fourth-order valence-corrected chi connectivity index (χ4v) is 4.51. The highest BCUT2D eigenvalue weighted by molar-refractivity contribution is 5.45. The molecule has 1 fully saturated rings. The Morgan fingerprint density at radius 3 is 2.16 bits per heavy atom. The SMILES string of the molecule is Cc1cc(O)c(C(C)(C)C)cc1C[C@H]1CC(C(C)(C)C)C(O)CC1C. The van der Waals surface area contributed by atoms with Gasteiger partial charge in [0.15, 0.2) is 0 Å². The summed E-state index contributed by atoms with van der Waals surface area (Å²) >= 11 is 0. The van der Waals surface area contributed by atoms with Gasteiger partial charge in [-0.1, -0.05) is 54.5 Å². The Hall–Kier alpha value is -1.02. The molecule has 0 spiro atoms. The Morgan fingerprint density at radius 2 is 1.64 bits per heavy atom. The van der Waals surface area contributed by atoms with E-state index >= 15 is 0 Å². The third-order valence-electron chi connectivity index (χ3n) is 6.30. The summed E-state index contributed by atoms with van der Waals surface area (Å²) in [6.45, 7) is 17.6. The van der Waals surface area contributed by atoms with Crippen molar-refractivity contribution in [2.45, 2.75) is 86.2 Å². The Morgan fingerprint density at radius 1 is 1.04 bits per heavy atom. The van der Waals surface area contributed by atoms with E-state index in [9.17, 15) is 10.2 Å². The zero-order valence-corrected chi connectivity index (χ0v) is 17.5. The summed E-state index contributed by atoms with van der Waals surface area (Å²) in [5.41, 5.74) is 3.64. The molecule has 1 saturated carbocycles. The number of phenolic OH excluding ortho intramolecular Hbond substituents is 1. The number of hydrogen-bond donors (Lipinski definition) is 2. The second kappa shape index (κ2) is 6.95. The van der Waals surface area contributed by atoms with Crippen molar-refractivity contribution in [2.75, 3.05) is 0 Å². The van der Waals surface area contributed by atoms with E-state index < -0.39 is 0 Å². The van der Waals surface area contributed by atoms with Crippen LogP contribution in [0.3, 0.4) is 0 Å². The first-order valence-corrected chi connectivity index (χ1v) is 9.81. The minimum Gasteiger partial charge on any atom is -0.508 e. The molecule has 1 aromatic carbocycles. The van der Waals surface area contributed by atoms with Crippen LogP contribution in [0.2, 0.25) is 0 Å². The van der Waals surface area contributed by atoms with Crippen LogP contribution >= 0.6 is 0 Å². The molecule has 1 aliphatic carbocycles. The van der Waals surface area contributed by atoms with E-state index in [0.717, 1.165) is 24.8 Å². The average molecular weight is 347 g/mol. The standard InChI is InChI=1S/C23H38O2/c1-14-9-20(24)18(22(3,4)5)12-16(14)11-17-13-19(23(6,7)8)21(25)10-15(17)2/h9,12,15,17,19,21,24-25H,10-11,13H2,1-8H3/t15?,17-,19?,21?/m0/s1. The predicted octanol–water partition coefficient (Wildman–Crippen LogP) is 5.61. The maximum Gasteiger partial charge on any atom is 0.119 e. The molecule has 3 unspecified atom stereocenters. The van der Waals surface area contributed by atoms with Gasteiger partial charge in [0.2, 0.25) is 0 Å². The molecule has 2 heteroatoms. The van der Waals surface area contributed by atoms with Crippen molar-refractivity contribution in [3.05, 3.63) is 28.8 Å². The lowest BCUT2D eigenvalue weighted by atomic mass is 9.63. The number of benzene rings is 1. The van der Waals surface area contributed by atoms with Crippen LogP contribution < -0.4 is 0 Å². The number of aliphatic hydroxyl groups is 1. The fourth-order valence-electron chi connectivity index (χ4n) is 4.51. The minimum absolute atomic E-state index is 0.0607. The Labute approximate surface area is 154 Å². The van der Waals surface area contributed by atoms with Crippen LogP contribution in [-0.2, 0) is 11.8 Å². The number of aryl methyl sites for hydroxylation is 1. The highest BCUT2D eigenvalue weighted by Gasteiger charge is 2.40. The maximum atomic E-state index is 10.6. The lowest BCUT2D eigenvalue weighted by Crippen LogP contribution is -2.41. The van der Waals surface area contributed by atoms with Crippen LogP contribution in [0, 0.1) is 30.1 Å². The highest BCUT2D eigenvalue weighted by atomic mass is 16.3. The van der Waals surface area contributed by atoms with Crippen molar-refractivity contribution < 1.29 is 10.2 Å². The molecule has 0 amide bonds. The topological polar surface area (TPSA) is 40.5 Å². The van der Waals surface area contributed by atoms with Gasteiger partial charge in [-0.15, -0.1) is 0 Å². The molecule has 2 rings (SSSR count). The van der Waals surface area contributed by atoms with Gasteiger partial charge in [-0.05, 0) is 77.5 Å². The lowest BCUT2D eigenvalue weighted by Gasteiger charge is -2.44. The van der Waals surface area contributed by atoms with Gasteiger partial charge in [-0.3, -0.25) is 0 Å². The van der Waals surface area contributed by atoms with Crippen LogP contribution in [-0.4, -0.2) is 16.3 Å². The van der Waals surface area contributed by atoms with Crippen LogP contribution in [0.1, 0.15) is 78.0 Å². The summed E-state index contributed by atoms with van der Waals surface area (Å²) in [7, 11) is 0. The van der Waals surface area contributed by atoms with Crippen molar-refractivity contribution in [1.29, 1.82) is 0 Å². The molecule has 142 valence electrons. The van der Waals surface area contributed by atoms with Gasteiger partial charge < -0.3 is 10.2 Å². The number of phenols is 1. The number of rotatable bonds is 2. The van der Waals surface area contributed by atoms with E-state index in [0.29, 0.717) is 23.5 Å². The zero-order valence-electron chi connectivity index (χ0n) is 17.5. The van der Waals surface area contributed by atoms with Gasteiger partial charge in [-0.2, -0.15) is 0 Å². The average Bonchev–Trinajstić information content (AvgIpc) is 2.41. The minimum atomic E-state index is -0.183. The van der Waals surface area contributed by atoms with Crippen LogP contribution in [0.5, 0.6) is 5.75 Å². The van der Waals surface area contributed by atoms with E-state index in [1.54, 1.807) is 0 Å². The van der Waals surface area contributed by atoms with Gasteiger partial charge in [0.1, 0.15) is 5.75 Å². The van der Waals surface area contributed by atoms with Gasteiger partial charge in [-0.25, -0.2) is 0 Å². The third kappa shape index (κ3) is 4.58. The molecule has 2 nitrogen and oxygen atoms in total. The lowest BCUT2D eigenvalue weighted by molar-refractivity contribution is -0.0295. The molecule has 0 aromatic heterocycles. The highest BCUT2D eigenvalue weighted by Crippen LogP contribution is 2.44. The molecule has 2 N–H and O–H groups in total. The molecular weight excluding hydrogens is 308 g/mol. The van der Waals surface area contributed by atoms with Crippen molar-refractivity contribution >= 4 is 0 Å². The van der Waals surface area contributed by atoms with E-state index in [-0.39, 0.29) is 16.9 Å². The van der Waals surface area contributed by atoms with E-state index in [1.807, 2.05) is 6.07 Å². The monoisotopic (exact) mass is 346 g/mol.